The number of nitrogens with one attached hydrogen (secondary N) is 2. The van der Waals surface area contributed by atoms with E-state index in [1.165, 1.54) is 0 Å². The van der Waals surface area contributed by atoms with Crippen molar-refractivity contribution in [3.05, 3.63) is 23.8 Å². The lowest BCUT2D eigenvalue weighted by Gasteiger charge is -2.17. The third kappa shape index (κ3) is 4.55. The van der Waals surface area contributed by atoms with Crippen LogP contribution in [0.4, 0.5) is 0 Å². The summed E-state index contributed by atoms with van der Waals surface area (Å²) in [6, 6.07) is 6.46. The number of hydrogen-bond donors (Lipinski definition) is 2. The van der Waals surface area contributed by atoms with Crippen LogP contribution in [0.3, 0.4) is 0 Å². The molecule has 0 amide bonds. The third-order valence-corrected chi connectivity index (χ3v) is 3.49. The molecule has 0 saturated carbocycles. The topological polar surface area (TPSA) is 54.9 Å². The first-order valence-electron chi connectivity index (χ1n) is 7.58. The number of guanidine groups is 1. The van der Waals surface area contributed by atoms with Crippen molar-refractivity contribution >= 4 is 5.96 Å². The second kappa shape index (κ2) is 7.76. The predicted molar refractivity (Wildman–Crippen MR) is 85.1 cm³/mol. The molecule has 0 spiro atoms. The Labute approximate surface area is 126 Å². The summed E-state index contributed by atoms with van der Waals surface area (Å²) in [6.07, 6.45) is 1.98. The molecule has 0 aliphatic carbocycles. The smallest absolute Gasteiger partial charge is 0.191 e. The van der Waals surface area contributed by atoms with Crippen molar-refractivity contribution in [2.45, 2.75) is 39.3 Å². The van der Waals surface area contributed by atoms with Crippen molar-refractivity contribution in [1.82, 2.24) is 10.6 Å². The van der Waals surface area contributed by atoms with E-state index in [1.54, 1.807) is 7.05 Å². The average Bonchev–Trinajstić information content (AvgIpc) is 2.75. The lowest BCUT2D eigenvalue weighted by atomic mass is 10.2. The normalized spacial score (nSPS) is 16.0. The predicted octanol–water partition coefficient (Wildman–Crippen LogP) is 2.31. The van der Waals surface area contributed by atoms with Crippen molar-refractivity contribution in [2.24, 2.45) is 4.99 Å². The van der Waals surface area contributed by atoms with E-state index in [4.69, 9.17) is 9.47 Å². The molecule has 1 atom stereocenters. The Balaban J connectivity index is 1.95. The highest BCUT2D eigenvalue weighted by Crippen LogP contribution is 2.30. The van der Waals surface area contributed by atoms with Crippen LogP contribution in [0.25, 0.3) is 0 Å². The Morgan fingerprint density at radius 3 is 2.76 bits per heavy atom. The molecule has 0 saturated heterocycles. The van der Waals surface area contributed by atoms with Crippen molar-refractivity contribution in [3.8, 4) is 11.5 Å². The van der Waals surface area contributed by atoms with Gasteiger partial charge >= 0.3 is 0 Å². The van der Waals surface area contributed by atoms with Crippen LogP contribution >= 0.6 is 0 Å². The van der Waals surface area contributed by atoms with Gasteiger partial charge in [0.2, 0.25) is 0 Å². The Morgan fingerprint density at radius 1 is 1.29 bits per heavy atom. The fraction of sp³-hybridized carbons (Fsp3) is 0.562. The quantitative estimate of drug-likeness (QED) is 0.660. The molecule has 0 fully saturated rings. The van der Waals surface area contributed by atoms with Crippen LogP contribution in [-0.4, -0.2) is 32.3 Å². The zero-order valence-electron chi connectivity index (χ0n) is 13.1. The summed E-state index contributed by atoms with van der Waals surface area (Å²) in [7, 11) is 1.78. The summed E-state index contributed by atoms with van der Waals surface area (Å²) in [5.74, 6) is 2.48. The number of rotatable bonds is 4. The van der Waals surface area contributed by atoms with E-state index in [0.29, 0.717) is 19.2 Å². The highest BCUT2D eigenvalue weighted by molar-refractivity contribution is 5.79. The molecule has 5 nitrogen and oxygen atoms in total. The fourth-order valence-corrected chi connectivity index (χ4v) is 2.03. The number of fused-ring (bicyclic) bond motifs is 1. The molecule has 116 valence electrons. The molecule has 1 aliphatic heterocycles. The zero-order valence-corrected chi connectivity index (χ0v) is 13.1. The van der Waals surface area contributed by atoms with Crippen molar-refractivity contribution in [3.63, 3.8) is 0 Å². The first-order valence-corrected chi connectivity index (χ1v) is 7.58. The summed E-state index contributed by atoms with van der Waals surface area (Å²) in [5, 5.41) is 6.66. The van der Waals surface area contributed by atoms with E-state index in [1.807, 2.05) is 12.1 Å². The molecule has 2 N–H and O–H groups in total. The summed E-state index contributed by atoms with van der Waals surface area (Å²) in [4.78, 5) is 4.23. The Morgan fingerprint density at radius 2 is 2.05 bits per heavy atom. The summed E-state index contributed by atoms with van der Waals surface area (Å²) in [6.45, 7) is 6.42. The number of ether oxygens (including phenoxy) is 2. The van der Waals surface area contributed by atoms with Crippen LogP contribution < -0.4 is 20.1 Å². The largest absolute Gasteiger partial charge is 0.490 e. The Hall–Kier alpha value is -1.91. The van der Waals surface area contributed by atoms with E-state index < -0.39 is 0 Å². The van der Waals surface area contributed by atoms with Gasteiger partial charge in [-0.25, -0.2) is 0 Å². The zero-order chi connectivity index (χ0) is 15.1. The van der Waals surface area contributed by atoms with Crippen LogP contribution in [0.2, 0.25) is 0 Å². The van der Waals surface area contributed by atoms with Crippen molar-refractivity contribution < 1.29 is 9.47 Å². The maximum atomic E-state index is 5.71. The molecular weight excluding hydrogens is 266 g/mol. The van der Waals surface area contributed by atoms with Crippen LogP contribution in [0.5, 0.6) is 11.5 Å². The van der Waals surface area contributed by atoms with Crippen LogP contribution in [0, 0.1) is 0 Å². The lowest BCUT2D eigenvalue weighted by Crippen LogP contribution is -2.41. The lowest BCUT2D eigenvalue weighted by molar-refractivity contribution is 0.297. The minimum atomic E-state index is 0.403. The van der Waals surface area contributed by atoms with Crippen molar-refractivity contribution in [1.29, 1.82) is 0 Å². The minimum absolute atomic E-state index is 0.403. The van der Waals surface area contributed by atoms with Gasteiger partial charge in [0.1, 0.15) is 0 Å². The molecule has 1 unspecified atom stereocenters. The summed E-state index contributed by atoms with van der Waals surface area (Å²) < 4.78 is 11.3. The van der Waals surface area contributed by atoms with Crippen LogP contribution in [0.15, 0.2) is 23.2 Å². The van der Waals surface area contributed by atoms with Gasteiger partial charge < -0.3 is 20.1 Å². The van der Waals surface area contributed by atoms with Gasteiger partial charge in [0.15, 0.2) is 17.5 Å². The fourth-order valence-electron chi connectivity index (χ4n) is 2.03. The van der Waals surface area contributed by atoms with Gasteiger partial charge in [-0.2, -0.15) is 0 Å². The van der Waals surface area contributed by atoms with Gasteiger partial charge in [-0.05, 0) is 31.0 Å². The molecule has 0 bridgehead atoms. The van der Waals surface area contributed by atoms with Crippen LogP contribution in [-0.2, 0) is 6.54 Å². The molecule has 2 rings (SSSR count). The second-order valence-corrected chi connectivity index (χ2v) is 5.21. The SMILES string of the molecule is CCC(C)NC(=NC)NCc1ccc2c(c1)OCCCO2. The highest BCUT2D eigenvalue weighted by atomic mass is 16.5. The molecule has 5 heteroatoms. The third-order valence-electron chi connectivity index (χ3n) is 3.49. The number of benzene rings is 1. The van der Waals surface area contributed by atoms with Crippen LogP contribution in [0.1, 0.15) is 32.3 Å². The minimum Gasteiger partial charge on any atom is -0.490 e. The summed E-state index contributed by atoms with van der Waals surface area (Å²) in [5.41, 5.74) is 1.14. The maximum absolute atomic E-state index is 5.71. The molecule has 0 radical (unpaired) electrons. The number of aliphatic imine (C=N–C) groups is 1. The van der Waals surface area contributed by atoms with Gasteiger partial charge in [0.05, 0.1) is 13.2 Å². The van der Waals surface area contributed by atoms with E-state index in [9.17, 15) is 0 Å². The van der Waals surface area contributed by atoms with E-state index in [-0.39, 0.29) is 0 Å². The Bertz CT molecular complexity index is 488. The second-order valence-electron chi connectivity index (χ2n) is 5.21. The first kappa shape index (κ1) is 15.5. The molecule has 21 heavy (non-hydrogen) atoms. The molecular formula is C16H25N3O2. The van der Waals surface area contributed by atoms with Gasteiger partial charge in [-0.15, -0.1) is 0 Å². The van der Waals surface area contributed by atoms with E-state index >= 15 is 0 Å². The number of nitrogens with zero attached hydrogens (tertiary/aromatic N) is 1. The molecule has 1 heterocycles. The monoisotopic (exact) mass is 291 g/mol. The number of hydrogen-bond acceptors (Lipinski definition) is 3. The standard InChI is InChI=1S/C16H25N3O2/c1-4-12(2)19-16(17-3)18-11-13-6-7-14-15(10-13)21-9-5-8-20-14/h6-7,10,12H,4-5,8-9,11H2,1-3H3,(H2,17,18,19). The van der Waals surface area contributed by atoms with Gasteiger partial charge in [0.25, 0.3) is 0 Å². The van der Waals surface area contributed by atoms with Gasteiger partial charge in [-0.1, -0.05) is 13.0 Å². The first-order chi connectivity index (χ1) is 10.2. The van der Waals surface area contributed by atoms with Crippen molar-refractivity contribution in [2.75, 3.05) is 20.3 Å². The molecule has 1 aliphatic rings. The molecule has 1 aromatic carbocycles. The average molecular weight is 291 g/mol. The molecule has 0 aromatic heterocycles. The molecule has 1 aromatic rings. The van der Waals surface area contributed by atoms with E-state index in [0.717, 1.165) is 42.5 Å². The Kier molecular flexibility index (Phi) is 5.72. The summed E-state index contributed by atoms with van der Waals surface area (Å²) >= 11 is 0. The highest BCUT2D eigenvalue weighted by Gasteiger charge is 2.11. The van der Waals surface area contributed by atoms with Gasteiger partial charge in [0, 0.05) is 26.1 Å². The van der Waals surface area contributed by atoms with Gasteiger partial charge in [-0.3, -0.25) is 4.99 Å². The van der Waals surface area contributed by atoms with E-state index in [2.05, 4.69) is 35.5 Å². The maximum Gasteiger partial charge on any atom is 0.191 e.